The molecular formula is C13H16O7P+. The van der Waals surface area contributed by atoms with E-state index < -0.39 is 38.0 Å². The molecule has 8 heteroatoms. The van der Waals surface area contributed by atoms with E-state index in [0.717, 1.165) is 0 Å². The number of carbonyl (C=O) groups is 2. The van der Waals surface area contributed by atoms with Crippen molar-refractivity contribution < 1.29 is 34.4 Å². The molecule has 21 heavy (non-hydrogen) atoms. The van der Waals surface area contributed by atoms with Crippen LogP contribution in [-0.2, 0) is 20.6 Å². The average molecular weight is 315 g/mol. The molecule has 0 aliphatic heterocycles. The Balaban J connectivity index is 2.97. The van der Waals surface area contributed by atoms with Gasteiger partial charge in [0.15, 0.2) is 0 Å². The number of phenols is 1. The number of aliphatic carboxylic acids is 2. The molecule has 3 atom stereocenters. The van der Waals surface area contributed by atoms with Crippen LogP contribution in [0.25, 0.3) is 0 Å². The van der Waals surface area contributed by atoms with E-state index >= 15 is 0 Å². The largest absolute Gasteiger partial charge is 0.509 e. The summed E-state index contributed by atoms with van der Waals surface area (Å²) in [5, 5.41) is 27.4. The fourth-order valence-electron chi connectivity index (χ4n) is 2.04. The minimum absolute atomic E-state index is 0.0956. The quantitative estimate of drug-likeness (QED) is 0.536. The second kappa shape index (κ2) is 7.71. The SMILES string of the molecule is O=C(O)CCC(C(=O)O)C(Cc1ccccc1O)[P+](=O)O. The Hall–Kier alpha value is -1.98. The van der Waals surface area contributed by atoms with Crippen molar-refractivity contribution in [1.82, 2.24) is 0 Å². The van der Waals surface area contributed by atoms with Gasteiger partial charge < -0.3 is 15.3 Å². The number of rotatable bonds is 8. The molecule has 0 saturated carbocycles. The minimum Gasteiger partial charge on any atom is -0.508 e. The summed E-state index contributed by atoms with van der Waals surface area (Å²) < 4.78 is 11.5. The van der Waals surface area contributed by atoms with Gasteiger partial charge in [0, 0.05) is 12.8 Å². The van der Waals surface area contributed by atoms with Crippen LogP contribution in [0.5, 0.6) is 5.75 Å². The van der Waals surface area contributed by atoms with Crippen LogP contribution >= 0.6 is 8.03 Å². The van der Waals surface area contributed by atoms with Crippen LogP contribution in [0, 0.1) is 5.92 Å². The predicted octanol–water partition coefficient (Wildman–Crippen LogP) is 1.60. The molecule has 0 bridgehead atoms. The second-order valence-corrected chi connectivity index (χ2v) is 5.85. The van der Waals surface area contributed by atoms with Crippen molar-refractivity contribution in [2.24, 2.45) is 5.92 Å². The van der Waals surface area contributed by atoms with Crippen molar-refractivity contribution in [1.29, 1.82) is 0 Å². The molecule has 3 unspecified atom stereocenters. The lowest BCUT2D eigenvalue weighted by Crippen LogP contribution is -2.28. The van der Waals surface area contributed by atoms with E-state index in [2.05, 4.69) is 0 Å². The Kier molecular flexibility index (Phi) is 6.27. The first-order chi connectivity index (χ1) is 9.82. The lowest BCUT2D eigenvalue weighted by atomic mass is 9.94. The van der Waals surface area contributed by atoms with Gasteiger partial charge in [0.25, 0.3) is 0 Å². The highest BCUT2D eigenvalue weighted by molar-refractivity contribution is 7.39. The Morgan fingerprint density at radius 3 is 2.29 bits per heavy atom. The first-order valence-electron chi connectivity index (χ1n) is 6.19. The number of carboxylic acids is 2. The van der Waals surface area contributed by atoms with Gasteiger partial charge in [-0.3, -0.25) is 9.59 Å². The zero-order chi connectivity index (χ0) is 16.0. The topological polar surface area (TPSA) is 132 Å². The molecule has 1 aromatic carbocycles. The highest BCUT2D eigenvalue weighted by Crippen LogP contribution is 2.36. The van der Waals surface area contributed by atoms with Crippen molar-refractivity contribution in [2.75, 3.05) is 0 Å². The molecule has 0 spiro atoms. The summed E-state index contributed by atoms with van der Waals surface area (Å²) in [6, 6.07) is 6.11. The van der Waals surface area contributed by atoms with Crippen LogP contribution in [0.2, 0.25) is 0 Å². The van der Waals surface area contributed by atoms with E-state index in [1.165, 1.54) is 12.1 Å². The zero-order valence-electron chi connectivity index (χ0n) is 11.0. The van der Waals surface area contributed by atoms with E-state index in [1.807, 2.05) is 0 Å². The summed E-state index contributed by atoms with van der Waals surface area (Å²) in [5.41, 5.74) is -0.813. The highest BCUT2D eigenvalue weighted by Gasteiger charge is 2.42. The van der Waals surface area contributed by atoms with E-state index in [1.54, 1.807) is 12.1 Å². The van der Waals surface area contributed by atoms with Gasteiger partial charge in [0.1, 0.15) is 11.7 Å². The van der Waals surface area contributed by atoms with E-state index in [9.17, 15) is 24.2 Å². The van der Waals surface area contributed by atoms with E-state index in [-0.39, 0.29) is 18.6 Å². The van der Waals surface area contributed by atoms with Gasteiger partial charge in [-0.05, 0) is 22.6 Å². The summed E-state index contributed by atoms with van der Waals surface area (Å²) in [7, 11) is -2.84. The third kappa shape index (κ3) is 5.13. The summed E-state index contributed by atoms with van der Waals surface area (Å²) in [4.78, 5) is 31.2. The summed E-state index contributed by atoms with van der Waals surface area (Å²) >= 11 is 0. The molecule has 1 aromatic rings. The molecule has 0 aliphatic carbocycles. The number of aromatic hydroxyl groups is 1. The van der Waals surface area contributed by atoms with Gasteiger partial charge in [0.05, 0.1) is 0 Å². The Morgan fingerprint density at radius 2 is 1.81 bits per heavy atom. The number of benzene rings is 1. The van der Waals surface area contributed by atoms with Crippen LogP contribution in [0.15, 0.2) is 24.3 Å². The third-order valence-corrected chi connectivity index (χ3v) is 4.27. The molecule has 0 saturated heterocycles. The first-order valence-corrected chi connectivity index (χ1v) is 7.47. The smallest absolute Gasteiger partial charge is 0.508 e. The first kappa shape index (κ1) is 17.1. The van der Waals surface area contributed by atoms with Crippen molar-refractivity contribution >= 4 is 20.0 Å². The number of hydrogen-bond donors (Lipinski definition) is 4. The summed E-state index contributed by atoms with van der Waals surface area (Å²) in [5.74, 6) is -3.86. The minimum atomic E-state index is -2.84. The van der Waals surface area contributed by atoms with Gasteiger partial charge in [0.2, 0.25) is 5.66 Å². The molecule has 0 aromatic heterocycles. The van der Waals surface area contributed by atoms with Gasteiger partial charge in [-0.2, -0.15) is 4.89 Å². The van der Waals surface area contributed by atoms with Gasteiger partial charge in [-0.1, -0.05) is 18.2 Å². The monoisotopic (exact) mass is 315 g/mol. The standard InChI is InChI=1S/C13H15O7P/c14-10-4-2-1-3-8(10)7-11(21(19)20)9(13(17)18)5-6-12(15)16/h1-4,9,11H,5-7H2,(H3-,14,15,16,17,18,19,20)/p+1. The second-order valence-electron chi connectivity index (χ2n) is 4.58. The molecule has 4 N–H and O–H groups in total. The number of hydrogen-bond acceptors (Lipinski definition) is 4. The van der Waals surface area contributed by atoms with Crippen LogP contribution in [-0.4, -0.2) is 37.8 Å². The molecule has 0 heterocycles. The van der Waals surface area contributed by atoms with Gasteiger partial charge >= 0.3 is 20.0 Å². The molecular weight excluding hydrogens is 299 g/mol. The fraction of sp³-hybridized carbons (Fsp3) is 0.385. The number of carboxylic acid groups (broad SMARTS) is 2. The Labute approximate surface area is 121 Å². The van der Waals surface area contributed by atoms with Crippen molar-refractivity contribution in [2.45, 2.75) is 24.9 Å². The van der Waals surface area contributed by atoms with Crippen LogP contribution < -0.4 is 0 Å². The van der Waals surface area contributed by atoms with Crippen molar-refractivity contribution in [3.8, 4) is 5.75 Å². The Morgan fingerprint density at radius 1 is 1.19 bits per heavy atom. The van der Waals surface area contributed by atoms with Crippen LogP contribution in [0.4, 0.5) is 0 Å². The van der Waals surface area contributed by atoms with Crippen LogP contribution in [0.1, 0.15) is 18.4 Å². The van der Waals surface area contributed by atoms with E-state index in [0.29, 0.717) is 5.56 Å². The molecule has 0 aliphatic rings. The van der Waals surface area contributed by atoms with Crippen molar-refractivity contribution in [3.63, 3.8) is 0 Å². The number of phenolic OH excluding ortho intramolecular Hbond substituents is 1. The summed E-state index contributed by atoms with van der Waals surface area (Å²) in [6.45, 7) is 0. The Bertz CT molecular complexity index is 543. The molecule has 114 valence electrons. The maximum Gasteiger partial charge on any atom is 0.509 e. The van der Waals surface area contributed by atoms with Crippen molar-refractivity contribution in [3.05, 3.63) is 29.8 Å². The van der Waals surface area contributed by atoms with Crippen LogP contribution in [0.3, 0.4) is 0 Å². The molecule has 0 amide bonds. The lowest BCUT2D eigenvalue weighted by molar-refractivity contribution is -0.143. The maximum absolute atomic E-state index is 11.5. The molecule has 1 rings (SSSR count). The van der Waals surface area contributed by atoms with Gasteiger partial charge in [-0.25, -0.2) is 0 Å². The number of para-hydroxylation sites is 1. The van der Waals surface area contributed by atoms with E-state index in [4.69, 9.17) is 10.2 Å². The molecule has 0 radical (unpaired) electrons. The maximum atomic E-state index is 11.5. The lowest BCUT2D eigenvalue weighted by Gasteiger charge is -2.14. The zero-order valence-corrected chi connectivity index (χ0v) is 11.9. The third-order valence-electron chi connectivity index (χ3n) is 3.16. The summed E-state index contributed by atoms with van der Waals surface area (Å²) in [6.07, 6.45) is -0.767. The van der Waals surface area contributed by atoms with Gasteiger partial charge in [-0.15, -0.1) is 0 Å². The highest BCUT2D eigenvalue weighted by atomic mass is 31.1. The normalized spacial score (nSPS) is 14.2. The predicted molar refractivity (Wildman–Crippen MR) is 73.4 cm³/mol. The average Bonchev–Trinajstić information content (AvgIpc) is 2.38. The molecule has 0 fully saturated rings. The molecule has 7 nitrogen and oxygen atoms in total. The fourth-order valence-corrected chi connectivity index (χ4v) is 2.98.